The van der Waals surface area contributed by atoms with Crippen LogP contribution in [0, 0.1) is 0 Å². The zero-order chi connectivity index (χ0) is 20.9. The van der Waals surface area contributed by atoms with Crippen molar-refractivity contribution >= 4 is 39.5 Å². The molecule has 154 valence electrons. The number of urea groups is 1. The fourth-order valence-corrected chi connectivity index (χ4v) is 3.77. The van der Waals surface area contributed by atoms with E-state index in [1.54, 1.807) is 0 Å². The smallest absolute Gasteiger partial charge is 0.309 e. The van der Waals surface area contributed by atoms with E-state index < -0.39 is 0 Å². The molecular formula is C24H27N5O. The molecule has 0 aliphatic rings. The first-order chi connectivity index (χ1) is 14.7. The maximum atomic E-state index is 12.8. The second-order valence-corrected chi connectivity index (χ2v) is 7.21. The topological polar surface area (TPSA) is 62.2 Å². The Morgan fingerprint density at radius 3 is 2.50 bits per heavy atom. The Balaban J connectivity index is 1.58. The Labute approximate surface area is 176 Å². The van der Waals surface area contributed by atoms with Gasteiger partial charge in [0.25, 0.3) is 0 Å². The number of aromatic nitrogens is 2. The molecule has 0 fully saturated rings. The van der Waals surface area contributed by atoms with Gasteiger partial charge in [0.2, 0.25) is 5.95 Å². The molecular weight excluding hydrogens is 374 g/mol. The number of hydrogen-bond acceptors (Lipinski definition) is 3. The fraction of sp³-hybridized carbons (Fsp3) is 0.250. The minimum atomic E-state index is -0.300. The van der Waals surface area contributed by atoms with Crippen molar-refractivity contribution in [3.8, 4) is 0 Å². The number of benzene rings is 3. The molecule has 0 saturated heterocycles. The van der Waals surface area contributed by atoms with Crippen molar-refractivity contribution in [3.05, 3.63) is 66.7 Å². The first kappa shape index (κ1) is 19.9. The van der Waals surface area contributed by atoms with Gasteiger partial charge in [-0.15, -0.1) is 0 Å². The molecule has 30 heavy (non-hydrogen) atoms. The van der Waals surface area contributed by atoms with Gasteiger partial charge in [-0.1, -0.05) is 62.4 Å². The van der Waals surface area contributed by atoms with E-state index in [0.717, 1.165) is 53.7 Å². The summed E-state index contributed by atoms with van der Waals surface area (Å²) in [7, 11) is 0. The van der Waals surface area contributed by atoms with Crippen LogP contribution < -0.4 is 10.6 Å². The van der Waals surface area contributed by atoms with Crippen LogP contribution in [0.3, 0.4) is 0 Å². The first-order valence-electron chi connectivity index (χ1n) is 10.4. The summed E-state index contributed by atoms with van der Waals surface area (Å²) in [5.74, 6) is 0.557. The van der Waals surface area contributed by atoms with Crippen LogP contribution in [0.1, 0.15) is 13.8 Å². The lowest BCUT2D eigenvalue weighted by Crippen LogP contribution is -2.28. The molecule has 0 saturated carbocycles. The highest BCUT2D eigenvalue weighted by Crippen LogP contribution is 2.24. The van der Waals surface area contributed by atoms with Crippen LogP contribution >= 0.6 is 0 Å². The second kappa shape index (κ2) is 8.97. The third-order valence-electron chi connectivity index (χ3n) is 5.45. The molecule has 4 rings (SSSR count). The lowest BCUT2D eigenvalue weighted by Gasteiger charge is -2.19. The van der Waals surface area contributed by atoms with Crippen LogP contribution in [-0.4, -0.2) is 40.1 Å². The van der Waals surface area contributed by atoms with Crippen LogP contribution in [0.15, 0.2) is 66.7 Å². The number of likely N-dealkylation sites (N-methyl/N-ethyl adjacent to an activating group) is 1. The number of fused-ring (bicyclic) bond motifs is 2. The predicted octanol–water partition coefficient (Wildman–Crippen LogP) is 5.18. The van der Waals surface area contributed by atoms with E-state index in [4.69, 9.17) is 0 Å². The summed E-state index contributed by atoms with van der Waals surface area (Å²) in [5.41, 5.74) is 2.67. The van der Waals surface area contributed by atoms with Crippen molar-refractivity contribution < 1.29 is 4.79 Å². The van der Waals surface area contributed by atoms with Crippen molar-refractivity contribution in [2.45, 2.75) is 20.4 Å². The number of nitrogens with one attached hydrogen (secondary N) is 2. The molecule has 1 aromatic heterocycles. The highest BCUT2D eigenvalue weighted by molar-refractivity contribution is 6.06. The Kier molecular flexibility index (Phi) is 5.95. The van der Waals surface area contributed by atoms with Crippen molar-refractivity contribution in [1.29, 1.82) is 0 Å². The molecule has 0 bridgehead atoms. The van der Waals surface area contributed by atoms with Gasteiger partial charge in [-0.25, -0.2) is 9.78 Å². The number of carbonyl (C=O) groups excluding carboxylic acids is 1. The quantitative estimate of drug-likeness (QED) is 0.449. The largest absolute Gasteiger partial charge is 0.326 e. The highest BCUT2D eigenvalue weighted by Gasteiger charge is 2.14. The van der Waals surface area contributed by atoms with Crippen LogP contribution in [0.4, 0.5) is 16.4 Å². The summed E-state index contributed by atoms with van der Waals surface area (Å²) in [6.45, 7) is 7.96. The molecule has 3 aromatic carbocycles. The number of anilines is 2. The van der Waals surface area contributed by atoms with Crippen molar-refractivity contribution in [3.63, 3.8) is 0 Å². The summed E-state index contributed by atoms with van der Waals surface area (Å²) in [6, 6.07) is 21.5. The van der Waals surface area contributed by atoms with Gasteiger partial charge < -0.3 is 14.8 Å². The molecule has 6 nitrogen and oxygen atoms in total. The van der Waals surface area contributed by atoms with Crippen molar-refractivity contribution in [2.75, 3.05) is 30.3 Å². The molecule has 4 aromatic rings. The standard InChI is InChI=1S/C24H27N5O/c1-3-28(4-2)16-17-29-22-15-8-7-13-21(22)25-23(29)27-24(30)26-20-14-9-11-18-10-5-6-12-19(18)20/h5-15H,3-4,16-17H2,1-2H3,(H2,25,26,27,30). The Bertz CT molecular complexity index is 1160. The summed E-state index contributed by atoms with van der Waals surface area (Å²) in [6.07, 6.45) is 0. The van der Waals surface area contributed by atoms with E-state index >= 15 is 0 Å². The van der Waals surface area contributed by atoms with Gasteiger partial charge in [0.1, 0.15) is 0 Å². The molecule has 2 amide bonds. The van der Waals surface area contributed by atoms with Gasteiger partial charge >= 0.3 is 6.03 Å². The lowest BCUT2D eigenvalue weighted by atomic mass is 10.1. The third-order valence-corrected chi connectivity index (χ3v) is 5.45. The van der Waals surface area contributed by atoms with E-state index in [0.29, 0.717) is 5.95 Å². The molecule has 0 radical (unpaired) electrons. The van der Waals surface area contributed by atoms with E-state index in [1.165, 1.54) is 0 Å². The molecule has 0 atom stereocenters. The average Bonchev–Trinajstić information content (AvgIpc) is 3.11. The maximum Gasteiger partial charge on any atom is 0.326 e. The number of imidazole rings is 1. The second-order valence-electron chi connectivity index (χ2n) is 7.21. The normalized spacial score (nSPS) is 11.3. The molecule has 0 spiro atoms. The summed E-state index contributed by atoms with van der Waals surface area (Å²) >= 11 is 0. The minimum absolute atomic E-state index is 0.300. The average molecular weight is 402 g/mol. The molecule has 0 aliphatic heterocycles. The maximum absolute atomic E-state index is 12.8. The fourth-order valence-electron chi connectivity index (χ4n) is 3.77. The van der Waals surface area contributed by atoms with Crippen molar-refractivity contribution in [1.82, 2.24) is 14.5 Å². The van der Waals surface area contributed by atoms with Gasteiger partial charge in [-0.05, 0) is 36.7 Å². The first-order valence-corrected chi connectivity index (χ1v) is 10.4. The monoisotopic (exact) mass is 401 g/mol. The van der Waals surface area contributed by atoms with Crippen LogP contribution in [0.25, 0.3) is 21.8 Å². The Morgan fingerprint density at radius 1 is 0.933 bits per heavy atom. The van der Waals surface area contributed by atoms with Crippen LogP contribution in [0.5, 0.6) is 0 Å². The van der Waals surface area contributed by atoms with E-state index in [-0.39, 0.29) is 6.03 Å². The third kappa shape index (κ3) is 4.14. The molecule has 1 heterocycles. The van der Waals surface area contributed by atoms with Crippen LogP contribution in [-0.2, 0) is 6.54 Å². The van der Waals surface area contributed by atoms with E-state index in [9.17, 15) is 4.79 Å². The zero-order valence-electron chi connectivity index (χ0n) is 17.4. The minimum Gasteiger partial charge on any atom is -0.309 e. The molecule has 2 N–H and O–H groups in total. The van der Waals surface area contributed by atoms with Crippen LogP contribution in [0.2, 0.25) is 0 Å². The van der Waals surface area contributed by atoms with Gasteiger partial charge in [0.15, 0.2) is 0 Å². The number of carbonyl (C=O) groups is 1. The summed E-state index contributed by atoms with van der Waals surface area (Å²) in [5, 5.41) is 8.02. The van der Waals surface area contributed by atoms with Gasteiger partial charge in [0.05, 0.1) is 16.7 Å². The predicted molar refractivity (Wildman–Crippen MR) is 124 cm³/mol. The molecule has 0 aliphatic carbocycles. The van der Waals surface area contributed by atoms with Gasteiger partial charge in [-0.3, -0.25) is 5.32 Å². The lowest BCUT2D eigenvalue weighted by molar-refractivity contribution is 0.261. The number of rotatable bonds is 7. The van der Waals surface area contributed by atoms with Gasteiger partial charge in [-0.2, -0.15) is 0 Å². The van der Waals surface area contributed by atoms with Crippen molar-refractivity contribution in [2.24, 2.45) is 0 Å². The molecule has 0 unspecified atom stereocenters. The number of nitrogens with zero attached hydrogens (tertiary/aromatic N) is 3. The number of amides is 2. The van der Waals surface area contributed by atoms with E-state index in [1.807, 2.05) is 66.7 Å². The number of para-hydroxylation sites is 2. The zero-order valence-corrected chi connectivity index (χ0v) is 17.4. The van der Waals surface area contributed by atoms with Gasteiger partial charge in [0, 0.05) is 18.5 Å². The molecule has 6 heteroatoms. The highest BCUT2D eigenvalue weighted by atomic mass is 16.2. The summed E-state index contributed by atoms with van der Waals surface area (Å²) in [4.78, 5) is 19.8. The SMILES string of the molecule is CCN(CC)CCn1c(NC(=O)Nc2cccc3ccccc23)nc2ccccc21. The van der Waals surface area contributed by atoms with E-state index in [2.05, 4.69) is 38.9 Å². The summed E-state index contributed by atoms with van der Waals surface area (Å²) < 4.78 is 2.08. The number of hydrogen-bond donors (Lipinski definition) is 2. The Morgan fingerprint density at radius 2 is 1.67 bits per heavy atom. The Hall–Kier alpha value is -3.38.